The monoisotopic (exact) mass is 221 g/mol. The number of nitrogens with zero attached hydrogens (tertiary/aromatic N) is 1. The van der Waals surface area contributed by atoms with Crippen molar-refractivity contribution in [3.05, 3.63) is 40.9 Å². The molecule has 0 radical (unpaired) electrons. The Morgan fingerprint density at radius 3 is 2.56 bits per heavy atom. The van der Waals surface area contributed by atoms with E-state index >= 15 is 0 Å². The number of nitrogens with one attached hydrogen (secondary N) is 1. The highest BCUT2D eigenvalue weighted by Gasteiger charge is 2.10. The number of hydrogen-bond acceptors (Lipinski definition) is 4. The first kappa shape index (κ1) is 10.2. The average molecular weight is 221 g/mol. The zero-order valence-electron chi connectivity index (χ0n) is 8.47. The quantitative estimate of drug-likeness (QED) is 0.445. The molecular weight excluding hydrogens is 212 g/mol. The number of aromatic nitrogens is 2. The zero-order chi connectivity index (χ0) is 11.5. The molecule has 6 nitrogen and oxygen atoms in total. The van der Waals surface area contributed by atoms with Crippen LogP contribution in [0.25, 0.3) is 5.69 Å². The number of carbonyl (C=O) groups is 1. The average Bonchev–Trinajstić information content (AvgIpc) is 2.65. The van der Waals surface area contributed by atoms with Gasteiger partial charge in [0.25, 0.3) is 6.20 Å². The van der Waals surface area contributed by atoms with Gasteiger partial charge in [-0.1, -0.05) is 0 Å². The number of aromatic amines is 1. The molecule has 0 aliphatic carbocycles. The number of hydrogen-bond donors (Lipinski definition) is 1. The third-order valence-corrected chi connectivity index (χ3v) is 1.86. The fraction of sp³-hybridized carbons (Fsp3) is 0.100. The molecule has 0 aliphatic heterocycles. The first-order valence-corrected chi connectivity index (χ1v) is 4.54. The summed E-state index contributed by atoms with van der Waals surface area (Å²) in [6.07, 6.45) is 1.26. The lowest BCUT2D eigenvalue weighted by molar-refractivity contribution is -0.670. The van der Waals surface area contributed by atoms with E-state index in [9.17, 15) is 9.59 Å². The SMILES string of the molecule is CC(=O)Oc1ccc(-[n+]2cc(=O)o[nH]2)cc1. The van der Waals surface area contributed by atoms with E-state index in [1.54, 1.807) is 24.3 Å². The Morgan fingerprint density at radius 2 is 2.06 bits per heavy atom. The standard InChI is InChI=1S/C10H8N2O4/c1-7(13)15-9-4-2-8(3-5-9)12-6-10(14)16-11-12/h2-6H,1H3/p+1. The number of benzene rings is 1. The maximum absolute atomic E-state index is 10.8. The van der Waals surface area contributed by atoms with E-state index in [0.29, 0.717) is 11.4 Å². The Morgan fingerprint density at radius 1 is 1.38 bits per heavy atom. The number of H-pyrrole nitrogens is 1. The summed E-state index contributed by atoms with van der Waals surface area (Å²) >= 11 is 0. The van der Waals surface area contributed by atoms with Gasteiger partial charge < -0.3 is 4.74 Å². The van der Waals surface area contributed by atoms with Crippen molar-refractivity contribution in [2.45, 2.75) is 6.92 Å². The van der Waals surface area contributed by atoms with Gasteiger partial charge in [0.15, 0.2) is 0 Å². The summed E-state index contributed by atoms with van der Waals surface area (Å²) in [5.41, 5.74) is 0.228. The normalized spacial score (nSPS) is 10.1. The molecule has 82 valence electrons. The number of esters is 1. The van der Waals surface area contributed by atoms with E-state index < -0.39 is 5.63 Å². The molecule has 0 aliphatic rings. The summed E-state index contributed by atoms with van der Waals surface area (Å²) in [5.74, 6) is 0.0693. The van der Waals surface area contributed by atoms with E-state index in [1.807, 2.05) is 0 Å². The van der Waals surface area contributed by atoms with Crippen molar-refractivity contribution in [2.75, 3.05) is 0 Å². The van der Waals surface area contributed by atoms with Gasteiger partial charge in [0, 0.05) is 19.1 Å². The first-order valence-electron chi connectivity index (χ1n) is 4.54. The van der Waals surface area contributed by atoms with Crippen LogP contribution >= 0.6 is 0 Å². The summed E-state index contributed by atoms with van der Waals surface area (Å²) in [6, 6.07) is 6.61. The van der Waals surface area contributed by atoms with Gasteiger partial charge in [-0.3, -0.25) is 9.32 Å². The van der Waals surface area contributed by atoms with Crippen LogP contribution in [0.4, 0.5) is 0 Å². The predicted molar refractivity (Wildman–Crippen MR) is 52.2 cm³/mol. The van der Waals surface area contributed by atoms with Crippen LogP contribution in [0.2, 0.25) is 0 Å². The molecular formula is C10H9N2O4+. The molecule has 16 heavy (non-hydrogen) atoms. The fourth-order valence-corrected chi connectivity index (χ4v) is 1.22. The third kappa shape index (κ3) is 2.17. The van der Waals surface area contributed by atoms with Crippen molar-refractivity contribution < 1.29 is 18.7 Å². The molecule has 2 aromatic rings. The molecule has 1 heterocycles. The molecule has 1 N–H and O–H groups in total. The fourth-order valence-electron chi connectivity index (χ4n) is 1.22. The van der Waals surface area contributed by atoms with E-state index in [2.05, 4.69) is 9.79 Å². The number of ether oxygens (including phenoxy) is 1. The van der Waals surface area contributed by atoms with Crippen LogP contribution in [0, 0.1) is 0 Å². The molecule has 0 unspecified atom stereocenters. The highest BCUT2D eigenvalue weighted by molar-refractivity contribution is 5.69. The predicted octanol–water partition coefficient (Wildman–Crippen LogP) is 0.170. The summed E-state index contributed by atoms with van der Waals surface area (Å²) in [5, 5.41) is 2.40. The van der Waals surface area contributed by atoms with Gasteiger partial charge in [-0.2, -0.15) is 0 Å². The molecule has 0 amide bonds. The summed E-state index contributed by atoms with van der Waals surface area (Å²) < 4.78 is 10.8. The van der Waals surface area contributed by atoms with Gasteiger partial charge in [-0.05, 0) is 22.1 Å². The Bertz CT molecular complexity index is 553. The van der Waals surface area contributed by atoms with Gasteiger partial charge in [0.05, 0.1) is 0 Å². The molecule has 0 bridgehead atoms. The maximum atomic E-state index is 10.8. The maximum Gasteiger partial charge on any atom is 0.427 e. The lowest BCUT2D eigenvalue weighted by Crippen LogP contribution is -2.31. The summed E-state index contributed by atoms with van der Waals surface area (Å²) in [4.78, 5) is 21.5. The van der Waals surface area contributed by atoms with E-state index in [4.69, 9.17) is 4.74 Å². The molecule has 0 spiro atoms. The molecule has 0 atom stereocenters. The summed E-state index contributed by atoms with van der Waals surface area (Å²) in [6.45, 7) is 1.33. The smallest absolute Gasteiger partial charge is 0.427 e. The van der Waals surface area contributed by atoms with Crippen LogP contribution in [-0.4, -0.2) is 11.2 Å². The minimum Gasteiger partial charge on any atom is -0.427 e. The van der Waals surface area contributed by atoms with E-state index in [0.717, 1.165) is 0 Å². The van der Waals surface area contributed by atoms with Crippen molar-refractivity contribution in [1.82, 2.24) is 5.27 Å². The molecule has 0 fully saturated rings. The summed E-state index contributed by atoms with van der Waals surface area (Å²) in [7, 11) is 0. The van der Waals surface area contributed by atoms with Crippen LogP contribution in [0.15, 0.2) is 39.8 Å². The Hall–Kier alpha value is -2.37. The molecule has 1 aromatic carbocycles. The highest BCUT2D eigenvalue weighted by atomic mass is 16.5. The van der Waals surface area contributed by atoms with Gasteiger partial charge in [0.2, 0.25) is 5.69 Å². The minimum absolute atomic E-state index is 0.378. The topological polar surface area (TPSA) is 76.2 Å². The van der Waals surface area contributed by atoms with Crippen molar-refractivity contribution in [3.63, 3.8) is 0 Å². The molecule has 0 saturated heterocycles. The van der Waals surface area contributed by atoms with Gasteiger partial charge in [-0.15, -0.1) is 0 Å². The highest BCUT2D eigenvalue weighted by Crippen LogP contribution is 2.11. The number of carbonyl (C=O) groups excluding carboxylic acids is 1. The van der Waals surface area contributed by atoms with Gasteiger partial charge in [0.1, 0.15) is 5.75 Å². The lowest BCUT2D eigenvalue weighted by atomic mass is 10.3. The Labute approximate surface area is 90.0 Å². The van der Waals surface area contributed by atoms with Crippen molar-refractivity contribution in [1.29, 1.82) is 0 Å². The van der Waals surface area contributed by atoms with Crippen molar-refractivity contribution in [2.24, 2.45) is 0 Å². The molecule has 0 saturated carbocycles. The van der Waals surface area contributed by atoms with Crippen molar-refractivity contribution in [3.8, 4) is 11.4 Å². The van der Waals surface area contributed by atoms with Crippen LogP contribution in [0.1, 0.15) is 6.92 Å². The molecule has 2 rings (SSSR count). The van der Waals surface area contributed by atoms with E-state index in [1.165, 1.54) is 17.8 Å². The van der Waals surface area contributed by atoms with Crippen LogP contribution < -0.4 is 15.0 Å². The second-order valence-corrected chi connectivity index (χ2v) is 3.10. The Balaban J connectivity index is 2.25. The molecule has 1 aromatic heterocycles. The number of rotatable bonds is 2. The van der Waals surface area contributed by atoms with E-state index in [-0.39, 0.29) is 5.97 Å². The van der Waals surface area contributed by atoms with Crippen LogP contribution in [0.5, 0.6) is 5.75 Å². The minimum atomic E-state index is -0.468. The van der Waals surface area contributed by atoms with Crippen LogP contribution in [-0.2, 0) is 4.79 Å². The second-order valence-electron chi connectivity index (χ2n) is 3.10. The zero-order valence-corrected chi connectivity index (χ0v) is 8.47. The Kier molecular flexibility index (Phi) is 2.55. The molecule has 6 heteroatoms. The third-order valence-electron chi connectivity index (χ3n) is 1.86. The first-order chi connectivity index (χ1) is 7.65. The second kappa shape index (κ2) is 4.01. The van der Waals surface area contributed by atoms with Gasteiger partial charge in [-0.25, -0.2) is 4.79 Å². The van der Waals surface area contributed by atoms with Gasteiger partial charge >= 0.3 is 11.6 Å². The largest absolute Gasteiger partial charge is 0.427 e. The lowest BCUT2D eigenvalue weighted by Gasteiger charge is -1.98. The van der Waals surface area contributed by atoms with Crippen molar-refractivity contribution >= 4 is 5.97 Å². The van der Waals surface area contributed by atoms with Crippen LogP contribution in [0.3, 0.4) is 0 Å².